The van der Waals surface area contributed by atoms with Crippen molar-refractivity contribution >= 4 is 50.4 Å². The number of pyridine rings is 1. The van der Waals surface area contributed by atoms with Crippen LogP contribution < -0.4 is 25.0 Å². The molecule has 14 nitrogen and oxygen atoms in total. The number of alkyl carbamates (subject to hydrolysis) is 1. The number of carbonyl (C=O) groups is 4. The molecule has 4 aliphatic rings. The summed E-state index contributed by atoms with van der Waals surface area (Å²) in [6, 6.07) is 5.94. The van der Waals surface area contributed by atoms with Crippen molar-refractivity contribution in [2.24, 2.45) is 11.3 Å². The van der Waals surface area contributed by atoms with Crippen molar-refractivity contribution in [3.63, 3.8) is 0 Å². The Morgan fingerprint density at radius 1 is 1.13 bits per heavy atom. The van der Waals surface area contributed by atoms with Crippen molar-refractivity contribution in [1.82, 2.24) is 25.2 Å². The molecule has 1 aromatic carbocycles. The van der Waals surface area contributed by atoms with Crippen molar-refractivity contribution in [3.05, 3.63) is 42.5 Å². The van der Waals surface area contributed by atoms with E-state index >= 15 is 0 Å². The second kappa shape index (κ2) is 14.2. The van der Waals surface area contributed by atoms with Crippen LogP contribution in [0.3, 0.4) is 0 Å². The van der Waals surface area contributed by atoms with Gasteiger partial charge in [0.15, 0.2) is 0 Å². The summed E-state index contributed by atoms with van der Waals surface area (Å²) in [5.41, 5.74) is -1.23. The van der Waals surface area contributed by atoms with Gasteiger partial charge in [0.2, 0.25) is 27.7 Å². The Kier molecular flexibility index (Phi) is 10.2. The molecule has 1 saturated heterocycles. The molecule has 52 heavy (non-hydrogen) atoms. The minimum absolute atomic E-state index is 0.0184. The molecule has 4 amide bonds. The number of hydrogen-bond acceptors (Lipinski definition) is 10. The molecule has 4 bridgehead atoms. The van der Waals surface area contributed by atoms with Gasteiger partial charge < -0.3 is 29.9 Å². The molecule has 5 atom stereocenters. The number of aryl methyl sites for hydroxylation is 1. The average Bonchev–Trinajstić information content (AvgIpc) is 4.00. The van der Waals surface area contributed by atoms with Gasteiger partial charge in [-0.15, -0.1) is 6.58 Å². The van der Waals surface area contributed by atoms with Crippen LogP contribution in [0.4, 0.5) is 10.6 Å². The SMILES string of the molecule is C=C[C@H]1C[C@]1(NC(=O)[C@@H]1C[C@@H]2CN1C(=O)[C@H](C(C)(C)C)NC(=O)OCCCCCc1ccc3cc(N(C)C)nc(c3c1)O2)C(=O)NS(=O)(=O)C1CC1. The lowest BCUT2D eigenvalue weighted by molar-refractivity contribution is -0.142. The molecule has 282 valence electrons. The third kappa shape index (κ3) is 7.83. The Hall–Kier alpha value is -4.40. The van der Waals surface area contributed by atoms with E-state index in [9.17, 15) is 27.6 Å². The highest BCUT2D eigenvalue weighted by Gasteiger charge is 2.62. The normalized spacial score (nSPS) is 27.1. The number of rotatable bonds is 7. The summed E-state index contributed by atoms with van der Waals surface area (Å²) in [6.45, 7) is 9.37. The van der Waals surface area contributed by atoms with Crippen LogP contribution in [-0.2, 0) is 35.6 Å². The Balaban J connectivity index is 1.36. The van der Waals surface area contributed by atoms with E-state index in [-0.39, 0.29) is 26.0 Å². The van der Waals surface area contributed by atoms with Gasteiger partial charge in [-0.3, -0.25) is 19.1 Å². The zero-order valence-corrected chi connectivity index (χ0v) is 31.4. The van der Waals surface area contributed by atoms with Crippen LogP contribution in [0.25, 0.3) is 10.8 Å². The molecule has 3 heterocycles. The average molecular weight is 739 g/mol. The third-order valence-corrected chi connectivity index (χ3v) is 12.2. The van der Waals surface area contributed by atoms with E-state index in [4.69, 9.17) is 14.5 Å². The van der Waals surface area contributed by atoms with Gasteiger partial charge in [-0.2, -0.15) is 4.98 Å². The van der Waals surface area contributed by atoms with Crippen molar-refractivity contribution in [2.45, 2.75) is 101 Å². The highest BCUT2D eigenvalue weighted by molar-refractivity contribution is 7.91. The number of nitrogens with zero attached hydrogens (tertiary/aromatic N) is 3. The van der Waals surface area contributed by atoms with E-state index in [0.29, 0.717) is 31.0 Å². The number of benzene rings is 1. The second-order valence-corrected chi connectivity index (χ2v) is 17.8. The molecule has 2 saturated carbocycles. The highest BCUT2D eigenvalue weighted by Crippen LogP contribution is 2.45. The summed E-state index contributed by atoms with van der Waals surface area (Å²) in [4.78, 5) is 63.4. The first-order valence-corrected chi connectivity index (χ1v) is 19.6. The fourth-order valence-corrected chi connectivity index (χ4v) is 8.39. The van der Waals surface area contributed by atoms with Crippen LogP contribution in [0.2, 0.25) is 0 Å². The largest absolute Gasteiger partial charge is 0.472 e. The standard InChI is InChI=1S/C37H50N6O8S/c1-7-24-20-37(24,34(46)41-52(48,49)26-14-15-26)40-31(44)28-19-25-21-43(28)33(45)30(36(2,3)4)39-35(47)50-16-10-8-9-11-22-12-13-23-18-29(42(5)6)38-32(51-25)27(23)17-22/h7,12-13,17-18,24-26,28,30H,1,8-11,14-16,19-21H2,2-6H3,(H,39,47)(H,40,44)(H,41,46)/t24-,25+,28-,30+,37+/m0/s1. The van der Waals surface area contributed by atoms with Crippen LogP contribution in [0.5, 0.6) is 5.88 Å². The van der Waals surface area contributed by atoms with Crippen molar-refractivity contribution < 1.29 is 37.1 Å². The van der Waals surface area contributed by atoms with E-state index in [2.05, 4.69) is 34.1 Å². The molecule has 15 heteroatoms. The van der Waals surface area contributed by atoms with E-state index < -0.39 is 74.1 Å². The van der Waals surface area contributed by atoms with Crippen molar-refractivity contribution in [2.75, 3.05) is 32.1 Å². The molecule has 0 radical (unpaired) electrons. The smallest absolute Gasteiger partial charge is 0.407 e. The van der Waals surface area contributed by atoms with E-state index in [0.717, 1.165) is 35.6 Å². The molecule has 3 fully saturated rings. The maximum absolute atomic E-state index is 14.5. The quantitative estimate of drug-likeness (QED) is 0.358. The lowest BCUT2D eigenvalue weighted by Gasteiger charge is -2.35. The van der Waals surface area contributed by atoms with Crippen LogP contribution in [0.1, 0.15) is 71.3 Å². The van der Waals surface area contributed by atoms with E-state index in [1.165, 1.54) is 11.0 Å². The summed E-state index contributed by atoms with van der Waals surface area (Å²) in [5, 5.41) is 6.65. The monoisotopic (exact) mass is 738 g/mol. The molecule has 0 spiro atoms. The Labute approximate surface area is 305 Å². The minimum atomic E-state index is -3.89. The third-order valence-electron chi connectivity index (χ3n) is 10.4. The molecule has 2 aliphatic heterocycles. The Morgan fingerprint density at radius 2 is 1.88 bits per heavy atom. The summed E-state index contributed by atoms with van der Waals surface area (Å²) < 4.78 is 39.7. The molecular weight excluding hydrogens is 689 g/mol. The first-order valence-electron chi connectivity index (χ1n) is 18.0. The molecular formula is C37H50N6O8S. The maximum Gasteiger partial charge on any atom is 0.407 e. The predicted molar refractivity (Wildman–Crippen MR) is 195 cm³/mol. The molecule has 2 aromatic rings. The molecule has 1 aromatic heterocycles. The van der Waals surface area contributed by atoms with E-state index in [1.54, 1.807) is 20.8 Å². The number of amides is 4. The van der Waals surface area contributed by atoms with Crippen LogP contribution in [0.15, 0.2) is 36.9 Å². The first-order chi connectivity index (χ1) is 24.5. The number of anilines is 1. The minimum Gasteiger partial charge on any atom is -0.472 e. The maximum atomic E-state index is 14.5. The Bertz CT molecular complexity index is 1870. The second-order valence-electron chi connectivity index (χ2n) is 15.8. The van der Waals surface area contributed by atoms with E-state index in [1.807, 2.05) is 31.1 Å². The number of hydrogen-bond donors (Lipinski definition) is 3. The molecule has 3 N–H and O–H groups in total. The van der Waals surface area contributed by atoms with Crippen molar-refractivity contribution in [3.8, 4) is 5.88 Å². The molecule has 6 rings (SSSR count). The summed E-state index contributed by atoms with van der Waals surface area (Å²) in [7, 11) is -0.125. The van der Waals surface area contributed by atoms with Crippen LogP contribution in [-0.4, -0.2) is 98.3 Å². The zero-order valence-electron chi connectivity index (χ0n) is 30.6. The fourth-order valence-electron chi connectivity index (χ4n) is 7.02. The van der Waals surface area contributed by atoms with Gasteiger partial charge in [0.1, 0.15) is 29.5 Å². The lowest BCUT2D eigenvalue weighted by Crippen LogP contribution is -2.60. The number of ether oxygens (including phenoxy) is 2. The van der Waals surface area contributed by atoms with Crippen LogP contribution in [0, 0.1) is 11.3 Å². The van der Waals surface area contributed by atoms with Gasteiger partial charge in [-0.05, 0) is 73.4 Å². The number of aromatic nitrogens is 1. The number of cyclic esters (lactones) is 1. The summed E-state index contributed by atoms with van der Waals surface area (Å²) >= 11 is 0. The van der Waals surface area contributed by atoms with Gasteiger partial charge in [0.25, 0.3) is 5.91 Å². The van der Waals surface area contributed by atoms with Gasteiger partial charge in [-0.25, -0.2) is 13.2 Å². The summed E-state index contributed by atoms with van der Waals surface area (Å²) in [6.07, 6.45) is 4.38. The number of sulfonamides is 1. The lowest BCUT2D eigenvalue weighted by atomic mass is 9.85. The highest BCUT2D eigenvalue weighted by atomic mass is 32.2. The number of nitrogens with one attached hydrogen (secondary N) is 3. The number of carbonyl (C=O) groups excluding carboxylic acids is 4. The Morgan fingerprint density at radius 3 is 2.54 bits per heavy atom. The first kappa shape index (κ1) is 37.4. The van der Waals surface area contributed by atoms with Crippen molar-refractivity contribution in [1.29, 1.82) is 0 Å². The van der Waals surface area contributed by atoms with Gasteiger partial charge in [0.05, 0.1) is 18.4 Å². The zero-order chi connectivity index (χ0) is 37.6. The van der Waals surface area contributed by atoms with Gasteiger partial charge in [0, 0.05) is 31.8 Å². The van der Waals surface area contributed by atoms with Gasteiger partial charge >= 0.3 is 6.09 Å². The fraction of sp³-hybridized carbons (Fsp3) is 0.595. The van der Waals surface area contributed by atoms with Gasteiger partial charge in [-0.1, -0.05) is 39.0 Å². The van der Waals surface area contributed by atoms with Crippen LogP contribution >= 0.6 is 0 Å². The number of fused-ring (bicyclic) bond motifs is 3. The topological polar surface area (TPSA) is 176 Å². The predicted octanol–water partition coefficient (Wildman–Crippen LogP) is 3.19. The molecule has 2 aliphatic carbocycles. The summed E-state index contributed by atoms with van der Waals surface area (Å²) in [5.74, 6) is -1.47. The molecule has 0 unspecified atom stereocenters.